The molecule has 29 heavy (non-hydrogen) atoms. The fourth-order valence-electron chi connectivity index (χ4n) is 2.52. The van der Waals surface area contributed by atoms with E-state index in [4.69, 9.17) is 9.47 Å². The number of ether oxygens (including phenoxy) is 2. The molecule has 0 aliphatic carbocycles. The first-order valence-corrected chi connectivity index (χ1v) is 10.1. The molecule has 0 saturated carbocycles. The number of nitrogens with one attached hydrogen (secondary N) is 1. The summed E-state index contributed by atoms with van der Waals surface area (Å²) in [5.41, 5.74) is 0.878. The van der Waals surface area contributed by atoms with Gasteiger partial charge in [0, 0.05) is 6.20 Å². The second-order valence-corrected chi connectivity index (χ2v) is 6.99. The number of pyridine rings is 1. The third kappa shape index (κ3) is 6.85. The largest absolute Gasteiger partial charge is 0.490 e. The Labute approximate surface area is 172 Å². The van der Waals surface area contributed by atoms with Gasteiger partial charge in [0.25, 0.3) is 5.91 Å². The van der Waals surface area contributed by atoms with Crippen LogP contribution < -0.4 is 14.8 Å². The van der Waals surface area contributed by atoms with Gasteiger partial charge in [-0.25, -0.2) is 4.98 Å². The number of hydrogen-bond acceptors (Lipinski definition) is 5. The molecule has 1 atom stereocenters. The normalized spacial score (nSPS) is 12.3. The van der Waals surface area contributed by atoms with Crippen molar-refractivity contribution in [3.63, 3.8) is 0 Å². The van der Waals surface area contributed by atoms with E-state index in [0.717, 1.165) is 5.56 Å². The molecule has 9 heteroatoms. The molecule has 0 spiro atoms. The van der Waals surface area contributed by atoms with Crippen molar-refractivity contribution < 1.29 is 27.4 Å². The Morgan fingerprint density at radius 3 is 2.52 bits per heavy atom. The van der Waals surface area contributed by atoms with Gasteiger partial charge in [-0.1, -0.05) is 17.8 Å². The van der Waals surface area contributed by atoms with Crippen LogP contribution in [0.2, 0.25) is 0 Å². The smallest absolute Gasteiger partial charge is 0.398 e. The molecule has 1 amide bonds. The molecule has 5 nitrogen and oxygen atoms in total. The fourth-order valence-corrected chi connectivity index (χ4v) is 3.28. The van der Waals surface area contributed by atoms with Crippen LogP contribution in [0.25, 0.3) is 0 Å². The van der Waals surface area contributed by atoms with Crippen LogP contribution in [0.1, 0.15) is 42.7 Å². The summed E-state index contributed by atoms with van der Waals surface area (Å²) in [4.78, 5) is 16.6. The monoisotopic (exact) mass is 428 g/mol. The average molecular weight is 428 g/mol. The Bertz CT molecular complexity index is 831. The van der Waals surface area contributed by atoms with Gasteiger partial charge >= 0.3 is 6.18 Å². The van der Waals surface area contributed by atoms with Crippen molar-refractivity contribution in [1.82, 2.24) is 10.3 Å². The number of aromatic nitrogens is 1. The lowest BCUT2D eigenvalue weighted by atomic mass is 10.1. The van der Waals surface area contributed by atoms with E-state index in [1.54, 1.807) is 25.1 Å². The average Bonchev–Trinajstić information content (AvgIpc) is 2.67. The highest BCUT2D eigenvalue weighted by Gasteiger charge is 2.28. The molecule has 0 radical (unpaired) electrons. The molecule has 1 aromatic heterocycles. The van der Waals surface area contributed by atoms with Crippen LogP contribution in [0.15, 0.2) is 41.6 Å². The Morgan fingerprint density at radius 2 is 1.86 bits per heavy atom. The summed E-state index contributed by atoms with van der Waals surface area (Å²) < 4.78 is 48.7. The first kappa shape index (κ1) is 22.9. The van der Waals surface area contributed by atoms with Gasteiger partial charge in [0.15, 0.2) is 11.5 Å². The molecule has 0 fully saturated rings. The number of hydrogen-bond donors (Lipinski definition) is 1. The molecule has 0 aliphatic heterocycles. The van der Waals surface area contributed by atoms with Gasteiger partial charge in [0.2, 0.25) is 0 Å². The highest BCUT2D eigenvalue weighted by atomic mass is 32.2. The van der Waals surface area contributed by atoms with Crippen LogP contribution >= 0.6 is 11.8 Å². The van der Waals surface area contributed by atoms with Crippen molar-refractivity contribution in [2.75, 3.05) is 19.0 Å². The number of carbonyl (C=O) groups is 1. The van der Waals surface area contributed by atoms with Crippen molar-refractivity contribution in [2.24, 2.45) is 0 Å². The minimum atomic E-state index is -4.35. The van der Waals surface area contributed by atoms with Gasteiger partial charge in [-0.05, 0) is 50.6 Å². The molecule has 0 bridgehead atoms. The second-order valence-electron chi connectivity index (χ2n) is 6.03. The van der Waals surface area contributed by atoms with Gasteiger partial charge in [0.1, 0.15) is 5.03 Å². The Kier molecular flexibility index (Phi) is 8.19. The van der Waals surface area contributed by atoms with Crippen molar-refractivity contribution in [1.29, 1.82) is 0 Å². The summed E-state index contributed by atoms with van der Waals surface area (Å²) in [5, 5.41) is 2.84. The summed E-state index contributed by atoms with van der Waals surface area (Å²) in [7, 11) is 0. The van der Waals surface area contributed by atoms with Crippen molar-refractivity contribution in [3.8, 4) is 11.5 Å². The van der Waals surface area contributed by atoms with Crippen LogP contribution in [-0.4, -0.2) is 36.0 Å². The number of benzene rings is 1. The van der Waals surface area contributed by atoms with Gasteiger partial charge in [-0.15, -0.1) is 0 Å². The summed E-state index contributed by atoms with van der Waals surface area (Å²) >= 11 is 0.488. The maximum atomic E-state index is 12.7. The van der Waals surface area contributed by atoms with Crippen LogP contribution in [-0.2, 0) is 0 Å². The molecule has 2 aromatic rings. The summed E-state index contributed by atoms with van der Waals surface area (Å²) in [5.74, 6) is -0.441. The molecular weight excluding hydrogens is 405 g/mol. The highest BCUT2D eigenvalue weighted by molar-refractivity contribution is 7.99. The third-order valence-corrected chi connectivity index (χ3v) is 4.87. The van der Waals surface area contributed by atoms with Crippen molar-refractivity contribution in [3.05, 3.63) is 47.7 Å². The molecule has 0 aliphatic rings. The first-order chi connectivity index (χ1) is 13.7. The van der Waals surface area contributed by atoms with Crippen LogP contribution in [0, 0.1) is 0 Å². The Hall–Kier alpha value is -2.42. The zero-order valence-electron chi connectivity index (χ0n) is 16.4. The minimum Gasteiger partial charge on any atom is -0.490 e. The topological polar surface area (TPSA) is 60.5 Å². The number of halogens is 3. The van der Waals surface area contributed by atoms with Gasteiger partial charge in [-0.3, -0.25) is 4.79 Å². The van der Waals surface area contributed by atoms with E-state index in [1.165, 1.54) is 18.3 Å². The Balaban J connectivity index is 2.16. The van der Waals surface area contributed by atoms with E-state index >= 15 is 0 Å². The number of thioether (sulfide) groups is 1. The minimum absolute atomic E-state index is 0.0382. The molecule has 1 aromatic carbocycles. The van der Waals surface area contributed by atoms with E-state index in [0.29, 0.717) is 36.5 Å². The summed E-state index contributed by atoms with van der Waals surface area (Å²) in [6.07, 6.45) is -2.99. The lowest BCUT2D eigenvalue weighted by Gasteiger charge is -2.18. The van der Waals surface area contributed by atoms with Crippen LogP contribution in [0.5, 0.6) is 11.5 Å². The first-order valence-electron chi connectivity index (χ1n) is 9.10. The van der Waals surface area contributed by atoms with Crippen LogP contribution in [0.3, 0.4) is 0 Å². The van der Waals surface area contributed by atoms with Crippen molar-refractivity contribution in [2.45, 2.75) is 38.0 Å². The lowest BCUT2D eigenvalue weighted by molar-refractivity contribution is -0.105. The molecule has 0 unspecified atom stereocenters. The van der Waals surface area contributed by atoms with E-state index in [1.807, 2.05) is 13.8 Å². The van der Waals surface area contributed by atoms with Gasteiger partial charge in [-0.2, -0.15) is 13.2 Å². The SMILES string of the molecule is CCOc1ccc([C@@H](C)NC(=O)c2cccnc2SCC(F)(F)F)cc1OCC. The predicted molar refractivity (Wildman–Crippen MR) is 106 cm³/mol. The van der Waals surface area contributed by atoms with Gasteiger partial charge < -0.3 is 14.8 Å². The molecule has 0 saturated heterocycles. The Morgan fingerprint density at radius 1 is 1.17 bits per heavy atom. The number of amides is 1. The number of carbonyl (C=O) groups excluding carboxylic acids is 1. The lowest BCUT2D eigenvalue weighted by Crippen LogP contribution is -2.27. The molecule has 1 N–H and O–H groups in total. The fraction of sp³-hybridized carbons (Fsp3) is 0.400. The van der Waals surface area contributed by atoms with Gasteiger partial charge in [0.05, 0.1) is 30.6 Å². The molecule has 158 valence electrons. The highest BCUT2D eigenvalue weighted by Crippen LogP contribution is 2.31. The van der Waals surface area contributed by atoms with E-state index in [-0.39, 0.29) is 10.6 Å². The van der Waals surface area contributed by atoms with E-state index in [2.05, 4.69) is 10.3 Å². The standard InChI is InChI=1S/C20H23F3N2O3S/c1-4-27-16-9-8-14(11-17(16)28-5-2)13(3)25-18(26)15-7-6-10-24-19(15)29-12-20(21,22)23/h6-11,13H,4-5,12H2,1-3H3,(H,25,26)/t13-/m1/s1. The number of alkyl halides is 3. The zero-order chi connectivity index (χ0) is 21.4. The number of rotatable bonds is 9. The summed E-state index contributed by atoms with van der Waals surface area (Å²) in [6, 6.07) is 7.92. The summed E-state index contributed by atoms with van der Waals surface area (Å²) in [6.45, 7) is 6.46. The van der Waals surface area contributed by atoms with Crippen LogP contribution in [0.4, 0.5) is 13.2 Å². The number of nitrogens with zero attached hydrogens (tertiary/aromatic N) is 1. The quantitative estimate of drug-likeness (QED) is 0.568. The maximum Gasteiger partial charge on any atom is 0.398 e. The predicted octanol–water partition coefficient (Wildman–Crippen LogP) is 5.02. The molecular formula is C20H23F3N2O3S. The third-order valence-electron chi connectivity index (χ3n) is 3.80. The second kappa shape index (κ2) is 10.4. The van der Waals surface area contributed by atoms with E-state index in [9.17, 15) is 18.0 Å². The van der Waals surface area contributed by atoms with Crippen molar-refractivity contribution >= 4 is 17.7 Å². The maximum absolute atomic E-state index is 12.7. The molecule has 2 rings (SSSR count). The molecule has 1 heterocycles. The van der Waals surface area contributed by atoms with E-state index < -0.39 is 23.9 Å². The zero-order valence-corrected chi connectivity index (χ0v) is 17.2.